The summed E-state index contributed by atoms with van der Waals surface area (Å²) in [5, 5.41) is 21.4. The number of carboxylic acids is 3. The molecule has 1 aromatic heterocycles. The third-order valence-electron chi connectivity index (χ3n) is 7.63. The summed E-state index contributed by atoms with van der Waals surface area (Å²) in [6.07, 6.45) is -7.82. The van der Waals surface area contributed by atoms with Gasteiger partial charge in [-0.15, -0.1) is 0 Å². The number of likely N-dealkylation sites (N-methyl/N-ethyl adjacent to an activating group) is 1. The van der Waals surface area contributed by atoms with Crippen LogP contribution in [0.15, 0.2) is 30.5 Å². The number of rotatable bonds is 3. The Morgan fingerprint density at radius 1 is 0.787 bits per heavy atom. The summed E-state index contributed by atoms with van der Waals surface area (Å²) < 4.78 is 97.7. The largest absolute Gasteiger partial charge is 0.490 e. The van der Waals surface area contributed by atoms with E-state index in [9.17, 15) is 39.5 Å². The predicted octanol–water partition coefficient (Wildman–Crippen LogP) is 5.40. The normalized spacial score (nSPS) is 17.9. The zero-order valence-electron chi connectivity index (χ0n) is 25.1. The quantitative estimate of drug-likeness (QED) is 0.361. The third-order valence-corrected chi connectivity index (χ3v) is 7.63. The van der Waals surface area contributed by atoms with Gasteiger partial charge in [0.25, 0.3) is 0 Å². The van der Waals surface area contributed by atoms with Gasteiger partial charge in [0.15, 0.2) is 0 Å². The molecule has 0 radical (unpaired) electrons. The highest BCUT2D eigenvalue weighted by molar-refractivity contribution is 5.73. The Morgan fingerprint density at radius 3 is 1.60 bits per heavy atom. The maximum atomic E-state index is 10.6. The van der Waals surface area contributed by atoms with Crippen LogP contribution in [0.1, 0.15) is 37.1 Å². The van der Waals surface area contributed by atoms with Gasteiger partial charge in [-0.3, -0.25) is 4.90 Å². The molecule has 1 aromatic carbocycles. The summed E-state index contributed by atoms with van der Waals surface area (Å²) in [6.45, 7) is 8.06. The van der Waals surface area contributed by atoms with Gasteiger partial charge in [0.1, 0.15) is 5.82 Å². The minimum Gasteiger partial charge on any atom is -0.475 e. The minimum absolute atomic E-state index is 0.126. The highest BCUT2D eigenvalue weighted by atomic mass is 19.4. The van der Waals surface area contributed by atoms with Crippen LogP contribution in [-0.4, -0.2) is 104 Å². The molecule has 47 heavy (non-hydrogen) atoms. The Labute approximate surface area is 262 Å². The lowest BCUT2D eigenvalue weighted by Gasteiger charge is -2.49. The number of aliphatic carboxylic acids is 3. The van der Waals surface area contributed by atoms with Gasteiger partial charge in [-0.1, -0.05) is 29.8 Å². The van der Waals surface area contributed by atoms with E-state index in [4.69, 9.17) is 34.7 Å². The zero-order chi connectivity index (χ0) is 36.0. The molecule has 1 saturated carbocycles. The Hall–Kier alpha value is -3.87. The van der Waals surface area contributed by atoms with Crippen LogP contribution < -0.4 is 0 Å². The molecule has 2 fully saturated rings. The SMILES string of the molecule is Cc1ccc(-c2cnc3n2CCN(C)C32CCN(CC3CC3)CC2)cc1.O=C(O)C(F)(F)F.O=C(O)C(F)(F)F.O=C(O)C(F)(F)F. The van der Waals surface area contributed by atoms with Crippen LogP contribution in [0.25, 0.3) is 11.3 Å². The number of hydrogen-bond donors (Lipinski definition) is 3. The summed E-state index contributed by atoms with van der Waals surface area (Å²) in [4.78, 5) is 37.0. The lowest BCUT2D eigenvalue weighted by molar-refractivity contribution is -0.193. The van der Waals surface area contributed by atoms with Gasteiger partial charge in [0, 0.05) is 32.7 Å². The van der Waals surface area contributed by atoms with Crippen LogP contribution in [0, 0.1) is 12.8 Å². The van der Waals surface area contributed by atoms with E-state index in [1.54, 1.807) is 0 Å². The number of fused-ring (bicyclic) bond motifs is 2. The second kappa shape index (κ2) is 15.4. The molecule has 19 heteroatoms. The standard InChI is InChI=1S/C22H30N4.3C2HF3O2/c1-17-3-7-19(8-4-17)20-15-23-21-22(24(2)13-14-26(20)21)9-11-25(12-10-22)16-18-5-6-18;3*3-2(4,5)1(6)7/h3-4,7-8,15,18H,5-6,9-14,16H2,1-2H3;3*(H,6,7). The van der Waals surface area contributed by atoms with Crippen molar-refractivity contribution in [3.8, 4) is 11.3 Å². The lowest BCUT2D eigenvalue weighted by Crippen LogP contribution is -2.56. The molecule has 0 atom stereocenters. The number of piperidine rings is 1. The molecule has 3 heterocycles. The van der Waals surface area contributed by atoms with Gasteiger partial charge < -0.3 is 24.8 Å². The first kappa shape index (κ1) is 39.3. The number of alkyl halides is 9. The molecule has 1 saturated heterocycles. The van der Waals surface area contributed by atoms with Crippen LogP contribution in [0.4, 0.5) is 39.5 Å². The molecule has 5 rings (SSSR count). The smallest absolute Gasteiger partial charge is 0.475 e. The van der Waals surface area contributed by atoms with Crippen molar-refractivity contribution in [1.82, 2.24) is 19.4 Å². The second-order valence-electron chi connectivity index (χ2n) is 11.1. The van der Waals surface area contributed by atoms with Crippen molar-refractivity contribution in [2.24, 2.45) is 5.92 Å². The molecule has 2 aromatic rings. The number of carboxylic acid groups (broad SMARTS) is 3. The minimum atomic E-state index is -5.08. The van der Waals surface area contributed by atoms with Gasteiger partial charge >= 0.3 is 36.4 Å². The first-order valence-corrected chi connectivity index (χ1v) is 14.0. The lowest BCUT2D eigenvalue weighted by atomic mass is 9.83. The Morgan fingerprint density at radius 2 is 1.21 bits per heavy atom. The fourth-order valence-electron chi connectivity index (χ4n) is 4.94. The van der Waals surface area contributed by atoms with Crippen LogP contribution in [0.3, 0.4) is 0 Å². The maximum Gasteiger partial charge on any atom is 0.490 e. The topological polar surface area (TPSA) is 136 Å². The fraction of sp³-hybridized carbons (Fsp3) is 0.571. The van der Waals surface area contributed by atoms with Gasteiger partial charge in [-0.05, 0) is 51.1 Å². The molecule has 2 aliphatic heterocycles. The van der Waals surface area contributed by atoms with Gasteiger partial charge in [-0.2, -0.15) is 39.5 Å². The average Bonchev–Trinajstić information content (AvgIpc) is 3.66. The predicted molar refractivity (Wildman–Crippen MR) is 146 cm³/mol. The van der Waals surface area contributed by atoms with E-state index in [-0.39, 0.29) is 5.54 Å². The van der Waals surface area contributed by atoms with Crippen molar-refractivity contribution in [3.05, 3.63) is 41.9 Å². The summed E-state index contributed by atoms with van der Waals surface area (Å²) in [5.74, 6) is -5.98. The molecule has 0 amide bonds. The number of hydrogen-bond acceptors (Lipinski definition) is 6. The highest BCUT2D eigenvalue weighted by Gasteiger charge is 2.46. The number of imidazole rings is 1. The van der Waals surface area contributed by atoms with Crippen molar-refractivity contribution in [3.63, 3.8) is 0 Å². The fourth-order valence-corrected chi connectivity index (χ4v) is 4.94. The van der Waals surface area contributed by atoms with Crippen LogP contribution in [-0.2, 0) is 26.5 Å². The number of likely N-dealkylation sites (tertiary alicyclic amines) is 1. The van der Waals surface area contributed by atoms with E-state index in [0.717, 1.165) is 19.0 Å². The Bertz CT molecular complexity index is 1310. The molecule has 3 N–H and O–H groups in total. The molecule has 10 nitrogen and oxygen atoms in total. The van der Waals surface area contributed by atoms with Gasteiger partial charge in [-0.25, -0.2) is 19.4 Å². The Balaban J connectivity index is 0.000000301. The summed E-state index contributed by atoms with van der Waals surface area (Å²) in [7, 11) is 2.31. The van der Waals surface area contributed by atoms with E-state index in [2.05, 4.69) is 58.8 Å². The van der Waals surface area contributed by atoms with Gasteiger partial charge in [0.05, 0.1) is 17.4 Å². The van der Waals surface area contributed by atoms with Crippen molar-refractivity contribution < 1.29 is 69.2 Å². The van der Waals surface area contributed by atoms with E-state index in [1.165, 1.54) is 68.0 Å². The number of aromatic nitrogens is 2. The molecular weight excluding hydrogens is 659 g/mol. The van der Waals surface area contributed by atoms with Crippen LogP contribution in [0.5, 0.6) is 0 Å². The van der Waals surface area contributed by atoms with Crippen LogP contribution in [0.2, 0.25) is 0 Å². The summed E-state index contributed by atoms with van der Waals surface area (Å²) in [6, 6.07) is 8.89. The Kier molecular flexibility index (Phi) is 12.8. The first-order chi connectivity index (χ1) is 21.5. The molecular formula is C28H33F9N4O6. The number of nitrogens with zero attached hydrogens (tertiary/aromatic N) is 4. The number of halogens is 9. The molecule has 1 aliphatic carbocycles. The number of aryl methyl sites for hydroxylation is 1. The second-order valence-corrected chi connectivity index (χ2v) is 11.1. The number of benzene rings is 1. The van der Waals surface area contributed by atoms with Crippen molar-refractivity contribution in [2.45, 2.75) is 63.2 Å². The van der Waals surface area contributed by atoms with Crippen LogP contribution >= 0.6 is 0 Å². The van der Waals surface area contributed by atoms with Crippen molar-refractivity contribution in [1.29, 1.82) is 0 Å². The summed E-state index contributed by atoms with van der Waals surface area (Å²) >= 11 is 0. The third kappa shape index (κ3) is 11.4. The molecule has 0 unspecified atom stereocenters. The molecule has 3 aliphatic rings. The molecule has 0 bridgehead atoms. The van der Waals surface area contributed by atoms with E-state index < -0.39 is 36.4 Å². The van der Waals surface area contributed by atoms with Crippen molar-refractivity contribution >= 4 is 17.9 Å². The monoisotopic (exact) mass is 692 g/mol. The van der Waals surface area contributed by atoms with E-state index in [1.807, 2.05) is 0 Å². The number of carbonyl (C=O) groups is 3. The maximum absolute atomic E-state index is 10.6. The average molecular weight is 693 g/mol. The zero-order valence-corrected chi connectivity index (χ0v) is 25.1. The first-order valence-electron chi connectivity index (χ1n) is 14.0. The van der Waals surface area contributed by atoms with E-state index >= 15 is 0 Å². The summed E-state index contributed by atoms with van der Waals surface area (Å²) in [5.41, 5.74) is 4.01. The van der Waals surface area contributed by atoms with E-state index in [0.29, 0.717) is 0 Å². The van der Waals surface area contributed by atoms with Gasteiger partial charge in [0.2, 0.25) is 0 Å². The highest BCUT2D eigenvalue weighted by Crippen LogP contribution is 2.42. The molecule has 264 valence electrons. The molecule has 1 spiro atoms. The van der Waals surface area contributed by atoms with Crippen molar-refractivity contribution in [2.75, 3.05) is 33.2 Å².